The zero-order valence-corrected chi connectivity index (χ0v) is 22.4. The van der Waals surface area contributed by atoms with Crippen LogP contribution in [0.2, 0.25) is 0 Å². The maximum absolute atomic E-state index is 13.6. The molecule has 1 aromatic rings. The number of aliphatic carboxylic acids is 1. The maximum Gasteiger partial charge on any atom is 0.326 e. The molecule has 0 fully saturated rings. The first-order chi connectivity index (χ1) is 18.5. The molecule has 1 aromatic carbocycles. The van der Waals surface area contributed by atoms with Crippen LogP contribution in [0.25, 0.3) is 0 Å². The van der Waals surface area contributed by atoms with Gasteiger partial charge in [0.1, 0.15) is 17.8 Å². The molecule has 0 saturated heterocycles. The van der Waals surface area contributed by atoms with Crippen LogP contribution in [0.1, 0.15) is 51.5 Å². The lowest BCUT2D eigenvalue weighted by Gasteiger charge is -2.29. The van der Waals surface area contributed by atoms with Gasteiger partial charge in [-0.3, -0.25) is 24.6 Å². The van der Waals surface area contributed by atoms with Crippen LogP contribution in [0.15, 0.2) is 29.3 Å². The van der Waals surface area contributed by atoms with Crippen molar-refractivity contribution in [1.29, 1.82) is 0 Å². The van der Waals surface area contributed by atoms with Gasteiger partial charge in [-0.25, -0.2) is 10.3 Å². The van der Waals surface area contributed by atoms with Gasteiger partial charge in [-0.1, -0.05) is 26.0 Å². The zero-order valence-electron chi connectivity index (χ0n) is 22.4. The Hall–Kier alpha value is -3.87. The van der Waals surface area contributed by atoms with Crippen LogP contribution in [-0.2, 0) is 25.6 Å². The van der Waals surface area contributed by atoms with Crippen molar-refractivity contribution in [3.8, 4) is 5.75 Å². The van der Waals surface area contributed by atoms with Crippen LogP contribution in [0.4, 0.5) is 0 Å². The minimum Gasteiger partial charge on any atom is -0.494 e. The van der Waals surface area contributed by atoms with Crippen molar-refractivity contribution in [1.82, 2.24) is 16.1 Å². The summed E-state index contributed by atoms with van der Waals surface area (Å²) in [5.41, 5.74) is 13.0. The molecule has 3 amide bonds. The van der Waals surface area contributed by atoms with E-state index in [1.807, 2.05) is 13.8 Å². The largest absolute Gasteiger partial charge is 0.494 e. The third kappa shape index (κ3) is 10.4. The fourth-order valence-corrected chi connectivity index (χ4v) is 4.53. The SMILES string of the molecule is CC(C)C[C@H]1C(=O)N[C@H](C(=O)N[C@@H](CCCN=C(N)N)C(=O)O)Cc2ccc(cc2)OCCCC1C(=O)NO. The topological polar surface area (TPSA) is 218 Å². The van der Waals surface area contributed by atoms with Gasteiger partial charge in [-0.15, -0.1) is 0 Å². The number of nitrogens with two attached hydrogens (primary N) is 2. The number of nitrogens with zero attached hydrogens (tertiary/aromatic N) is 1. The highest BCUT2D eigenvalue weighted by atomic mass is 16.5. The standard InChI is InChI=1S/C26H40N6O7/c1-15(2)13-19-18(23(34)32-38)5-4-12-39-17-9-7-16(8-10-17)14-21(31-22(19)33)24(35)30-20(25(36)37)6-3-11-29-26(27)28/h7-10,15,18-21,38H,3-6,11-14H2,1-2H3,(H,30,35)(H,31,33)(H,32,34)(H,36,37)(H4,27,28,29)/t18?,19-,20+,21+/m1/s1. The highest BCUT2D eigenvalue weighted by Crippen LogP contribution is 2.27. The molecule has 2 aliphatic rings. The molecule has 13 nitrogen and oxygen atoms in total. The van der Waals surface area contributed by atoms with E-state index in [-0.39, 0.29) is 37.7 Å². The number of carbonyl (C=O) groups excluding carboxylic acids is 3. The Morgan fingerprint density at radius 3 is 2.46 bits per heavy atom. The van der Waals surface area contributed by atoms with E-state index in [2.05, 4.69) is 15.6 Å². The van der Waals surface area contributed by atoms with E-state index < -0.39 is 47.6 Å². The fraction of sp³-hybridized carbons (Fsp3) is 0.577. The highest BCUT2D eigenvalue weighted by Gasteiger charge is 2.36. The molecule has 39 heavy (non-hydrogen) atoms. The van der Waals surface area contributed by atoms with Crippen LogP contribution >= 0.6 is 0 Å². The number of aliphatic imine (C=N–C) groups is 1. The molecule has 1 unspecified atom stereocenters. The molecule has 0 saturated carbocycles. The van der Waals surface area contributed by atoms with Crippen molar-refractivity contribution in [3.63, 3.8) is 0 Å². The van der Waals surface area contributed by atoms with Crippen LogP contribution in [0.3, 0.4) is 0 Å². The molecule has 216 valence electrons. The Balaban J connectivity index is 2.35. The van der Waals surface area contributed by atoms with Crippen molar-refractivity contribution in [2.45, 2.75) is 64.5 Å². The van der Waals surface area contributed by atoms with Crippen LogP contribution < -0.4 is 32.3 Å². The molecule has 13 heteroatoms. The summed E-state index contributed by atoms with van der Waals surface area (Å²) < 4.78 is 5.76. The van der Waals surface area contributed by atoms with E-state index >= 15 is 0 Å². The van der Waals surface area contributed by atoms with Crippen molar-refractivity contribution in [2.75, 3.05) is 13.2 Å². The molecular weight excluding hydrogens is 508 g/mol. The molecule has 2 bridgehead atoms. The average molecular weight is 549 g/mol. The van der Waals surface area contributed by atoms with E-state index in [1.54, 1.807) is 29.7 Å². The Bertz CT molecular complexity index is 1010. The molecule has 2 aliphatic heterocycles. The van der Waals surface area contributed by atoms with Crippen LogP contribution in [0.5, 0.6) is 5.75 Å². The van der Waals surface area contributed by atoms with E-state index in [0.29, 0.717) is 37.2 Å². The monoisotopic (exact) mass is 548 g/mol. The lowest BCUT2D eigenvalue weighted by molar-refractivity contribution is -0.143. The third-order valence-corrected chi connectivity index (χ3v) is 6.48. The number of guanidine groups is 1. The van der Waals surface area contributed by atoms with Gasteiger partial charge in [0.15, 0.2) is 5.96 Å². The minimum atomic E-state index is -1.24. The minimum absolute atomic E-state index is 0.0329. The predicted octanol–water partition coefficient (Wildman–Crippen LogP) is 0.293. The van der Waals surface area contributed by atoms with E-state index in [9.17, 15) is 29.5 Å². The van der Waals surface area contributed by atoms with Gasteiger partial charge in [0.2, 0.25) is 17.7 Å². The normalized spacial score (nSPS) is 20.6. The molecule has 2 heterocycles. The second-order valence-electron chi connectivity index (χ2n) is 10.1. The van der Waals surface area contributed by atoms with Gasteiger partial charge in [0, 0.05) is 18.9 Å². The van der Waals surface area contributed by atoms with E-state index in [0.717, 1.165) is 0 Å². The molecule has 4 atom stereocenters. The van der Waals surface area contributed by atoms with Crippen molar-refractivity contribution in [2.24, 2.45) is 34.2 Å². The summed E-state index contributed by atoms with van der Waals surface area (Å²) in [6, 6.07) is 4.66. The van der Waals surface area contributed by atoms with Gasteiger partial charge in [-0.05, 0) is 55.7 Å². The molecule has 3 rings (SSSR count). The molecular formula is C26H40N6O7. The van der Waals surface area contributed by atoms with Crippen molar-refractivity contribution >= 4 is 29.7 Å². The number of benzene rings is 1. The number of carbonyl (C=O) groups is 4. The molecule has 0 spiro atoms. The Morgan fingerprint density at radius 2 is 1.87 bits per heavy atom. The molecule has 0 radical (unpaired) electrons. The number of hydrogen-bond donors (Lipinski definition) is 7. The number of carboxylic acids is 1. The average Bonchev–Trinajstić information content (AvgIpc) is 2.88. The summed E-state index contributed by atoms with van der Waals surface area (Å²) in [7, 11) is 0. The summed E-state index contributed by atoms with van der Waals surface area (Å²) in [6.07, 6.45) is 1.50. The van der Waals surface area contributed by atoms with Gasteiger partial charge in [-0.2, -0.15) is 0 Å². The van der Waals surface area contributed by atoms with E-state index in [1.165, 1.54) is 0 Å². The Kier molecular flexibility index (Phi) is 12.5. The smallest absolute Gasteiger partial charge is 0.326 e. The number of hydroxylamine groups is 1. The highest BCUT2D eigenvalue weighted by molar-refractivity contribution is 5.93. The molecule has 9 N–H and O–H groups in total. The van der Waals surface area contributed by atoms with Gasteiger partial charge >= 0.3 is 5.97 Å². The summed E-state index contributed by atoms with van der Waals surface area (Å²) in [5.74, 6) is -4.34. The zero-order chi connectivity index (χ0) is 28.9. The van der Waals surface area contributed by atoms with Crippen molar-refractivity contribution < 1.29 is 34.2 Å². The molecule has 0 aromatic heterocycles. The quantitative estimate of drug-likeness (QED) is 0.0701. The van der Waals surface area contributed by atoms with Gasteiger partial charge in [0.25, 0.3) is 0 Å². The van der Waals surface area contributed by atoms with Crippen LogP contribution in [-0.4, -0.2) is 65.2 Å². The second-order valence-corrected chi connectivity index (χ2v) is 10.1. The van der Waals surface area contributed by atoms with Gasteiger partial charge in [0.05, 0.1) is 12.5 Å². The Morgan fingerprint density at radius 1 is 1.18 bits per heavy atom. The number of amides is 3. The lowest BCUT2D eigenvalue weighted by atomic mass is 9.81. The molecule has 0 aliphatic carbocycles. The maximum atomic E-state index is 13.6. The van der Waals surface area contributed by atoms with Crippen LogP contribution in [0, 0.1) is 17.8 Å². The third-order valence-electron chi connectivity index (χ3n) is 6.48. The predicted molar refractivity (Wildman–Crippen MR) is 143 cm³/mol. The van der Waals surface area contributed by atoms with Gasteiger partial charge < -0.3 is 31.9 Å². The number of carboxylic acid groups (broad SMARTS) is 1. The summed E-state index contributed by atoms with van der Waals surface area (Å²) in [4.78, 5) is 55.2. The number of hydrogen-bond acceptors (Lipinski definition) is 7. The second kappa shape index (κ2) is 15.5. The Labute approximate surface area is 227 Å². The number of rotatable bonds is 10. The fourth-order valence-electron chi connectivity index (χ4n) is 4.53. The first-order valence-electron chi connectivity index (χ1n) is 13.1. The first-order valence-corrected chi connectivity index (χ1v) is 13.1. The lowest BCUT2D eigenvalue weighted by Crippen LogP contribution is -2.54. The summed E-state index contributed by atoms with van der Waals surface area (Å²) in [6.45, 7) is 4.32. The first kappa shape index (κ1) is 31.3. The summed E-state index contributed by atoms with van der Waals surface area (Å²) >= 11 is 0. The van der Waals surface area contributed by atoms with Crippen molar-refractivity contribution in [3.05, 3.63) is 29.8 Å². The number of fused-ring (bicyclic) bond motifs is 11. The number of nitrogens with one attached hydrogen (secondary N) is 3. The summed E-state index contributed by atoms with van der Waals surface area (Å²) in [5, 5.41) is 24.3. The number of ether oxygens (including phenoxy) is 1. The van der Waals surface area contributed by atoms with E-state index in [4.69, 9.17) is 16.2 Å².